The van der Waals surface area contributed by atoms with Gasteiger partial charge >= 0.3 is 0 Å². The molecule has 8 nitrogen and oxygen atoms in total. The van der Waals surface area contributed by atoms with Crippen LogP contribution in [-0.2, 0) is 0 Å². The second-order valence-electron chi connectivity index (χ2n) is 7.73. The number of piperazine rings is 1. The Morgan fingerprint density at radius 1 is 0.969 bits per heavy atom. The number of aryl methyl sites for hydroxylation is 1. The molecule has 0 radical (unpaired) electrons. The summed E-state index contributed by atoms with van der Waals surface area (Å²) in [6.45, 7) is 3.49. The zero-order valence-electron chi connectivity index (χ0n) is 17.2. The van der Waals surface area contributed by atoms with Crippen LogP contribution in [0.15, 0.2) is 53.1 Å². The third-order valence-corrected chi connectivity index (χ3v) is 5.74. The van der Waals surface area contributed by atoms with Crippen molar-refractivity contribution in [2.75, 3.05) is 36.0 Å². The zero-order valence-corrected chi connectivity index (χ0v) is 17.2. The molecule has 162 valence electrons. The highest BCUT2D eigenvalue weighted by molar-refractivity contribution is 6.34. The number of carbonyl (C=O) groups is 3. The molecular formula is C23H19FN4O4. The maximum absolute atomic E-state index is 14.0. The van der Waals surface area contributed by atoms with Crippen LogP contribution in [0, 0.1) is 12.7 Å². The van der Waals surface area contributed by atoms with Crippen LogP contribution in [0.2, 0.25) is 0 Å². The molecule has 3 aromatic rings. The molecule has 1 saturated heterocycles. The fraction of sp³-hybridized carbons (Fsp3) is 0.217. The number of anilines is 2. The normalized spacial score (nSPS) is 16.0. The molecule has 1 fully saturated rings. The van der Waals surface area contributed by atoms with Crippen LogP contribution in [0.4, 0.5) is 15.9 Å². The van der Waals surface area contributed by atoms with Crippen molar-refractivity contribution in [1.82, 2.24) is 10.1 Å². The Hall–Kier alpha value is -4.01. The summed E-state index contributed by atoms with van der Waals surface area (Å²) in [7, 11) is 0. The van der Waals surface area contributed by atoms with Crippen molar-refractivity contribution >= 4 is 29.2 Å². The number of nitrogens with zero attached hydrogens (tertiary/aromatic N) is 4. The van der Waals surface area contributed by atoms with Gasteiger partial charge in [0.05, 0.1) is 16.8 Å². The van der Waals surface area contributed by atoms with E-state index in [0.29, 0.717) is 43.2 Å². The number of para-hydroxylation sites is 1. The fourth-order valence-electron chi connectivity index (χ4n) is 4.08. The molecular weight excluding hydrogens is 415 g/mol. The first-order valence-corrected chi connectivity index (χ1v) is 10.2. The van der Waals surface area contributed by atoms with Crippen LogP contribution < -0.4 is 9.80 Å². The largest absolute Gasteiger partial charge is 0.366 e. The molecule has 3 heterocycles. The van der Waals surface area contributed by atoms with E-state index in [4.69, 9.17) is 4.52 Å². The van der Waals surface area contributed by atoms with Gasteiger partial charge in [-0.3, -0.25) is 14.4 Å². The fourth-order valence-corrected chi connectivity index (χ4v) is 4.08. The molecule has 1 aromatic heterocycles. The number of carbonyl (C=O) groups excluding carboxylic acids is 3. The standard InChI is InChI=1S/C23H19FN4O4/c1-14-12-20(25-32-14)28-22(30)16-7-6-15(13-17(16)23(28)31)21(29)27-10-8-26(9-11-27)19-5-3-2-4-18(19)24/h2-7,12-13H,8-11H2,1H3. The summed E-state index contributed by atoms with van der Waals surface area (Å²) in [6, 6.07) is 12.6. The van der Waals surface area contributed by atoms with Crippen LogP contribution >= 0.6 is 0 Å². The molecule has 0 unspecified atom stereocenters. The summed E-state index contributed by atoms with van der Waals surface area (Å²) in [4.78, 5) is 43.1. The van der Waals surface area contributed by atoms with Crippen molar-refractivity contribution in [3.63, 3.8) is 0 Å². The van der Waals surface area contributed by atoms with Gasteiger partial charge in [-0.15, -0.1) is 0 Å². The molecule has 2 aliphatic heterocycles. The lowest BCUT2D eigenvalue weighted by Crippen LogP contribution is -2.49. The predicted octanol–water partition coefficient (Wildman–Crippen LogP) is 2.89. The van der Waals surface area contributed by atoms with Gasteiger partial charge in [0, 0.05) is 37.8 Å². The first kappa shape index (κ1) is 19.9. The monoisotopic (exact) mass is 434 g/mol. The van der Waals surface area contributed by atoms with Gasteiger partial charge in [-0.25, -0.2) is 9.29 Å². The second-order valence-corrected chi connectivity index (χ2v) is 7.73. The lowest BCUT2D eigenvalue weighted by molar-refractivity contribution is 0.0746. The highest BCUT2D eigenvalue weighted by Crippen LogP contribution is 2.29. The van der Waals surface area contributed by atoms with Gasteiger partial charge in [0.1, 0.15) is 11.6 Å². The topological polar surface area (TPSA) is 87.0 Å². The minimum absolute atomic E-state index is 0.117. The average molecular weight is 434 g/mol. The maximum Gasteiger partial charge on any atom is 0.267 e. The van der Waals surface area contributed by atoms with E-state index < -0.39 is 11.8 Å². The minimum Gasteiger partial charge on any atom is -0.366 e. The molecule has 0 atom stereocenters. The molecule has 0 N–H and O–H groups in total. The van der Waals surface area contributed by atoms with Crippen LogP contribution in [0.25, 0.3) is 0 Å². The zero-order chi connectivity index (χ0) is 22.4. The van der Waals surface area contributed by atoms with Crippen LogP contribution in [0.1, 0.15) is 36.8 Å². The van der Waals surface area contributed by atoms with Gasteiger partial charge in [-0.2, -0.15) is 0 Å². The van der Waals surface area contributed by atoms with E-state index in [0.717, 1.165) is 4.90 Å². The molecule has 32 heavy (non-hydrogen) atoms. The number of hydrogen-bond donors (Lipinski definition) is 0. The molecule has 3 amide bonds. The Balaban J connectivity index is 1.33. The van der Waals surface area contributed by atoms with Crippen LogP contribution in [0.5, 0.6) is 0 Å². The Labute approximate surface area is 182 Å². The average Bonchev–Trinajstić information content (AvgIpc) is 3.34. The van der Waals surface area contributed by atoms with E-state index in [-0.39, 0.29) is 28.7 Å². The summed E-state index contributed by atoms with van der Waals surface area (Å²) in [6.07, 6.45) is 0. The highest BCUT2D eigenvalue weighted by atomic mass is 19.1. The summed E-state index contributed by atoms with van der Waals surface area (Å²) >= 11 is 0. The number of hydrogen-bond acceptors (Lipinski definition) is 6. The number of benzene rings is 2. The van der Waals surface area contributed by atoms with E-state index in [1.807, 2.05) is 4.90 Å². The molecule has 2 aliphatic rings. The van der Waals surface area contributed by atoms with E-state index in [1.54, 1.807) is 36.1 Å². The van der Waals surface area contributed by atoms with E-state index in [9.17, 15) is 18.8 Å². The minimum atomic E-state index is -0.544. The van der Waals surface area contributed by atoms with Gasteiger partial charge in [0.25, 0.3) is 17.7 Å². The number of amides is 3. The van der Waals surface area contributed by atoms with Gasteiger partial charge < -0.3 is 14.3 Å². The lowest BCUT2D eigenvalue weighted by Gasteiger charge is -2.36. The van der Waals surface area contributed by atoms with Crippen molar-refractivity contribution in [2.24, 2.45) is 0 Å². The molecule has 9 heteroatoms. The van der Waals surface area contributed by atoms with Crippen molar-refractivity contribution in [2.45, 2.75) is 6.92 Å². The van der Waals surface area contributed by atoms with Crippen LogP contribution in [0.3, 0.4) is 0 Å². The smallest absolute Gasteiger partial charge is 0.267 e. The highest BCUT2D eigenvalue weighted by Gasteiger charge is 2.39. The Morgan fingerprint density at radius 2 is 1.69 bits per heavy atom. The SMILES string of the molecule is Cc1cc(N2C(=O)c3ccc(C(=O)N4CCN(c5ccccc5F)CC4)cc3C2=O)no1. The number of rotatable bonds is 3. The van der Waals surface area contributed by atoms with Gasteiger partial charge in [0.15, 0.2) is 5.82 Å². The molecule has 5 rings (SSSR count). The summed E-state index contributed by atoms with van der Waals surface area (Å²) in [5.74, 6) is -0.987. The lowest BCUT2D eigenvalue weighted by atomic mass is 10.0. The van der Waals surface area contributed by atoms with Crippen molar-refractivity contribution in [3.05, 3.63) is 76.8 Å². The molecule has 0 bridgehead atoms. The number of aromatic nitrogens is 1. The number of halogens is 1. The van der Waals surface area contributed by atoms with Crippen molar-refractivity contribution in [1.29, 1.82) is 0 Å². The van der Waals surface area contributed by atoms with Crippen LogP contribution in [-0.4, -0.2) is 54.0 Å². The summed E-state index contributed by atoms with van der Waals surface area (Å²) in [5.41, 5.74) is 1.22. The maximum atomic E-state index is 14.0. The Kier molecular flexibility index (Phi) is 4.73. The molecule has 0 saturated carbocycles. The molecule has 0 spiro atoms. The second kappa shape index (κ2) is 7.60. The van der Waals surface area contributed by atoms with E-state index in [1.165, 1.54) is 24.3 Å². The Bertz CT molecular complexity index is 1250. The summed E-state index contributed by atoms with van der Waals surface area (Å²) < 4.78 is 19.0. The number of fused-ring (bicyclic) bond motifs is 1. The number of imide groups is 1. The van der Waals surface area contributed by atoms with Gasteiger partial charge in [0.2, 0.25) is 0 Å². The first-order valence-electron chi connectivity index (χ1n) is 10.2. The predicted molar refractivity (Wildman–Crippen MR) is 113 cm³/mol. The third-order valence-electron chi connectivity index (χ3n) is 5.74. The van der Waals surface area contributed by atoms with Crippen molar-refractivity contribution in [3.8, 4) is 0 Å². The van der Waals surface area contributed by atoms with E-state index in [2.05, 4.69) is 5.16 Å². The summed E-state index contributed by atoms with van der Waals surface area (Å²) in [5, 5.41) is 3.75. The van der Waals surface area contributed by atoms with E-state index >= 15 is 0 Å². The van der Waals surface area contributed by atoms with Crippen molar-refractivity contribution < 1.29 is 23.3 Å². The molecule has 0 aliphatic carbocycles. The Morgan fingerprint density at radius 3 is 2.38 bits per heavy atom. The molecule has 2 aromatic carbocycles. The first-order chi connectivity index (χ1) is 15.4. The van der Waals surface area contributed by atoms with Gasteiger partial charge in [-0.1, -0.05) is 17.3 Å². The third kappa shape index (κ3) is 3.22. The quantitative estimate of drug-likeness (QED) is 0.589. The van der Waals surface area contributed by atoms with Gasteiger partial charge in [-0.05, 0) is 37.3 Å².